The Morgan fingerprint density at radius 1 is 1.25 bits per heavy atom. The maximum Gasteiger partial charge on any atom is 0.227 e. The van der Waals surface area contributed by atoms with Gasteiger partial charge in [0.15, 0.2) is 5.96 Å². The lowest BCUT2D eigenvalue weighted by Gasteiger charge is -2.34. The SMILES string of the molecule is CN=C(NCC(C)(C)C(=O)NC)NC1CCN(C(=O)C(C)C)CC1. The molecular weight excluding hydrogens is 306 g/mol. The van der Waals surface area contributed by atoms with E-state index in [1.165, 1.54) is 0 Å². The van der Waals surface area contributed by atoms with Crippen molar-refractivity contribution in [2.75, 3.05) is 33.7 Å². The molecule has 0 aromatic rings. The molecule has 1 aliphatic heterocycles. The Bertz CT molecular complexity index is 466. The van der Waals surface area contributed by atoms with Crippen molar-refractivity contribution in [1.29, 1.82) is 0 Å². The molecule has 0 radical (unpaired) electrons. The summed E-state index contributed by atoms with van der Waals surface area (Å²) in [6.07, 6.45) is 1.80. The van der Waals surface area contributed by atoms with Crippen LogP contribution in [-0.2, 0) is 9.59 Å². The zero-order valence-corrected chi connectivity index (χ0v) is 15.9. The van der Waals surface area contributed by atoms with Crippen LogP contribution in [0, 0.1) is 11.3 Å². The molecule has 0 spiro atoms. The van der Waals surface area contributed by atoms with Gasteiger partial charge < -0.3 is 20.9 Å². The van der Waals surface area contributed by atoms with Gasteiger partial charge in [-0.2, -0.15) is 0 Å². The van der Waals surface area contributed by atoms with Crippen molar-refractivity contribution in [3.63, 3.8) is 0 Å². The van der Waals surface area contributed by atoms with Crippen molar-refractivity contribution in [2.24, 2.45) is 16.3 Å². The third kappa shape index (κ3) is 5.69. The molecule has 7 nitrogen and oxygen atoms in total. The number of hydrogen-bond acceptors (Lipinski definition) is 3. The number of nitrogens with one attached hydrogen (secondary N) is 3. The fourth-order valence-electron chi connectivity index (χ4n) is 2.72. The first-order chi connectivity index (χ1) is 11.2. The van der Waals surface area contributed by atoms with Gasteiger partial charge in [-0.1, -0.05) is 13.8 Å². The first-order valence-corrected chi connectivity index (χ1v) is 8.69. The summed E-state index contributed by atoms with van der Waals surface area (Å²) in [5.74, 6) is 0.964. The fraction of sp³-hybridized carbons (Fsp3) is 0.824. The first kappa shape index (κ1) is 20.3. The minimum Gasteiger partial charge on any atom is -0.359 e. The summed E-state index contributed by atoms with van der Waals surface area (Å²) >= 11 is 0. The van der Waals surface area contributed by atoms with Crippen molar-refractivity contribution in [3.8, 4) is 0 Å². The van der Waals surface area contributed by atoms with Gasteiger partial charge in [-0.05, 0) is 26.7 Å². The molecule has 0 saturated carbocycles. The highest BCUT2D eigenvalue weighted by Crippen LogP contribution is 2.14. The largest absolute Gasteiger partial charge is 0.359 e. The van der Waals surface area contributed by atoms with Gasteiger partial charge in [0.2, 0.25) is 11.8 Å². The Morgan fingerprint density at radius 3 is 2.29 bits per heavy atom. The summed E-state index contributed by atoms with van der Waals surface area (Å²) < 4.78 is 0. The quantitative estimate of drug-likeness (QED) is 0.505. The Kier molecular flexibility index (Phi) is 7.51. The summed E-state index contributed by atoms with van der Waals surface area (Å²) in [4.78, 5) is 30.0. The highest BCUT2D eigenvalue weighted by molar-refractivity contribution is 5.84. The van der Waals surface area contributed by atoms with E-state index >= 15 is 0 Å². The number of aliphatic imine (C=N–C) groups is 1. The highest BCUT2D eigenvalue weighted by Gasteiger charge is 2.28. The number of amides is 2. The van der Waals surface area contributed by atoms with E-state index in [0.29, 0.717) is 12.5 Å². The van der Waals surface area contributed by atoms with E-state index in [2.05, 4.69) is 20.9 Å². The zero-order chi connectivity index (χ0) is 18.3. The molecule has 1 heterocycles. The third-order valence-electron chi connectivity index (χ3n) is 4.40. The number of rotatable bonds is 5. The van der Waals surface area contributed by atoms with Crippen LogP contribution in [0.5, 0.6) is 0 Å². The second-order valence-corrected chi connectivity index (χ2v) is 7.29. The Balaban J connectivity index is 2.45. The van der Waals surface area contributed by atoms with Crippen LogP contribution in [0.4, 0.5) is 0 Å². The van der Waals surface area contributed by atoms with Crippen molar-refractivity contribution < 1.29 is 9.59 Å². The molecule has 0 atom stereocenters. The molecule has 0 aromatic heterocycles. The number of likely N-dealkylation sites (tertiary alicyclic amines) is 1. The lowest BCUT2D eigenvalue weighted by Crippen LogP contribution is -2.52. The summed E-state index contributed by atoms with van der Waals surface area (Å²) in [5, 5.41) is 9.29. The van der Waals surface area contributed by atoms with Crippen LogP contribution in [0.15, 0.2) is 4.99 Å². The first-order valence-electron chi connectivity index (χ1n) is 8.69. The van der Waals surface area contributed by atoms with Gasteiger partial charge >= 0.3 is 0 Å². The summed E-state index contributed by atoms with van der Waals surface area (Å²) in [7, 11) is 3.36. The van der Waals surface area contributed by atoms with Gasteiger partial charge in [0, 0.05) is 45.7 Å². The van der Waals surface area contributed by atoms with E-state index in [1.54, 1.807) is 14.1 Å². The summed E-state index contributed by atoms with van der Waals surface area (Å²) in [6, 6.07) is 0.288. The molecule has 1 fully saturated rings. The van der Waals surface area contributed by atoms with Crippen LogP contribution in [0.3, 0.4) is 0 Å². The minimum atomic E-state index is -0.514. The average molecular weight is 339 g/mol. The molecule has 0 bridgehead atoms. The Hall–Kier alpha value is -1.79. The molecule has 7 heteroatoms. The van der Waals surface area contributed by atoms with Crippen molar-refractivity contribution in [1.82, 2.24) is 20.9 Å². The van der Waals surface area contributed by atoms with Crippen molar-refractivity contribution >= 4 is 17.8 Å². The number of carbonyl (C=O) groups is 2. The lowest BCUT2D eigenvalue weighted by molar-refractivity contribution is -0.135. The van der Waals surface area contributed by atoms with E-state index in [1.807, 2.05) is 32.6 Å². The number of piperidine rings is 1. The normalized spacial score (nSPS) is 17.0. The second-order valence-electron chi connectivity index (χ2n) is 7.29. The molecule has 1 rings (SSSR count). The molecular formula is C17H33N5O2. The molecule has 138 valence electrons. The molecule has 0 unspecified atom stereocenters. The van der Waals surface area contributed by atoms with Gasteiger partial charge in [-0.3, -0.25) is 14.6 Å². The lowest BCUT2D eigenvalue weighted by atomic mass is 9.92. The van der Waals surface area contributed by atoms with E-state index < -0.39 is 5.41 Å². The number of guanidine groups is 1. The van der Waals surface area contributed by atoms with E-state index in [9.17, 15) is 9.59 Å². The highest BCUT2D eigenvalue weighted by atomic mass is 16.2. The Labute approximate surface area is 145 Å². The van der Waals surface area contributed by atoms with Gasteiger partial charge in [-0.15, -0.1) is 0 Å². The third-order valence-corrected chi connectivity index (χ3v) is 4.40. The maximum atomic E-state index is 12.0. The number of carbonyl (C=O) groups excluding carboxylic acids is 2. The molecule has 1 aliphatic rings. The van der Waals surface area contributed by atoms with E-state index in [4.69, 9.17) is 0 Å². The standard InChI is InChI=1S/C17H33N5O2/c1-12(2)14(23)22-9-7-13(8-10-22)21-16(19-6)20-11-17(3,4)15(24)18-5/h12-13H,7-11H2,1-6H3,(H,18,24)(H2,19,20,21). The predicted molar refractivity (Wildman–Crippen MR) is 96.8 cm³/mol. The predicted octanol–water partition coefficient (Wildman–Crippen LogP) is 0.571. The van der Waals surface area contributed by atoms with Gasteiger partial charge in [-0.25, -0.2) is 0 Å². The molecule has 0 aliphatic carbocycles. The monoisotopic (exact) mass is 339 g/mol. The zero-order valence-electron chi connectivity index (χ0n) is 15.9. The van der Waals surface area contributed by atoms with Gasteiger partial charge in [0.05, 0.1) is 5.41 Å². The number of hydrogen-bond donors (Lipinski definition) is 3. The van der Waals surface area contributed by atoms with Crippen LogP contribution in [0.25, 0.3) is 0 Å². The van der Waals surface area contributed by atoms with Crippen molar-refractivity contribution in [3.05, 3.63) is 0 Å². The van der Waals surface area contributed by atoms with Crippen LogP contribution in [-0.4, -0.2) is 62.4 Å². The van der Waals surface area contributed by atoms with Crippen LogP contribution < -0.4 is 16.0 Å². The molecule has 24 heavy (non-hydrogen) atoms. The van der Waals surface area contributed by atoms with E-state index in [0.717, 1.165) is 25.9 Å². The fourth-order valence-corrected chi connectivity index (χ4v) is 2.72. The van der Waals surface area contributed by atoms with Crippen LogP contribution >= 0.6 is 0 Å². The summed E-state index contributed by atoms with van der Waals surface area (Å²) in [5.41, 5.74) is -0.514. The Morgan fingerprint density at radius 2 is 1.83 bits per heavy atom. The topological polar surface area (TPSA) is 85.8 Å². The molecule has 3 N–H and O–H groups in total. The van der Waals surface area contributed by atoms with Gasteiger partial charge in [0.25, 0.3) is 0 Å². The molecule has 0 aromatic carbocycles. The molecule has 1 saturated heterocycles. The second kappa shape index (κ2) is 8.89. The minimum absolute atomic E-state index is 0.00837. The average Bonchev–Trinajstić information content (AvgIpc) is 2.57. The summed E-state index contributed by atoms with van der Waals surface area (Å²) in [6.45, 7) is 9.70. The smallest absolute Gasteiger partial charge is 0.227 e. The van der Waals surface area contributed by atoms with E-state index in [-0.39, 0.29) is 23.8 Å². The van der Waals surface area contributed by atoms with Gasteiger partial charge in [0.1, 0.15) is 0 Å². The van der Waals surface area contributed by atoms with Crippen molar-refractivity contribution in [2.45, 2.75) is 46.6 Å². The van der Waals surface area contributed by atoms with Crippen LogP contribution in [0.1, 0.15) is 40.5 Å². The molecule has 2 amide bonds. The number of nitrogens with zero attached hydrogens (tertiary/aromatic N) is 2. The maximum absolute atomic E-state index is 12.0. The van der Waals surface area contributed by atoms with Crippen LogP contribution in [0.2, 0.25) is 0 Å².